The molecule has 0 bridgehead atoms. The van der Waals surface area contributed by atoms with Crippen molar-refractivity contribution in [3.8, 4) is 23.0 Å². The van der Waals surface area contributed by atoms with Gasteiger partial charge in [0.15, 0.2) is 0 Å². The van der Waals surface area contributed by atoms with Crippen LogP contribution in [-0.4, -0.2) is 26.4 Å². The van der Waals surface area contributed by atoms with Crippen LogP contribution in [0.2, 0.25) is 0 Å². The van der Waals surface area contributed by atoms with Gasteiger partial charge in [0, 0.05) is 17.7 Å². The highest BCUT2D eigenvalue weighted by atomic mass is 16.5. The van der Waals surface area contributed by atoms with Crippen LogP contribution in [0.5, 0.6) is 23.0 Å². The highest BCUT2D eigenvalue weighted by molar-refractivity contribution is 5.50. The van der Waals surface area contributed by atoms with Gasteiger partial charge in [0.05, 0.1) is 21.3 Å². The van der Waals surface area contributed by atoms with Crippen molar-refractivity contribution >= 4 is 0 Å². The second kappa shape index (κ2) is 7.59. The van der Waals surface area contributed by atoms with Crippen LogP contribution in [0.25, 0.3) is 0 Å². The quantitative estimate of drug-likeness (QED) is 0.849. The maximum absolute atomic E-state index is 9.81. The highest BCUT2D eigenvalue weighted by Gasteiger charge is 2.13. The Morgan fingerprint density at radius 2 is 1.50 bits per heavy atom. The number of methoxy groups -OCH3 is 3. The standard InChI is InChI=1S/C18H22O4/c1-20-14-11-17(21-2)15(18(12-14)22-3)9-6-8-13-7-4-5-10-16(13)19/h4-5,7,10-12,19H,6,8-9H2,1-3H3. The van der Waals surface area contributed by atoms with Gasteiger partial charge in [0.25, 0.3) is 0 Å². The van der Waals surface area contributed by atoms with Gasteiger partial charge < -0.3 is 19.3 Å². The number of hydrogen-bond acceptors (Lipinski definition) is 4. The topological polar surface area (TPSA) is 47.9 Å². The predicted octanol–water partition coefficient (Wildman–Crippen LogP) is 3.59. The zero-order chi connectivity index (χ0) is 15.9. The van der Waals surface area contributed by atoms with E-state index in [1.807, 2.05) is 30.3 Å². The Morgan fingerprint density at radius 3 is 2.05 bits per heavy atom. The van der Waals surface area contributed by atoms with E-state index in [0.29, 0.717) is 11.5 Å². The number of ether oxygens (including phenoxy) is 3. The van der Waals surface area contributed by atoms with Gasteiger partial charge in [-0.25, -0.2) is 0 Å². The molecule has 0 unspecified atom stereocenters. The molecule has 0 aromatic heterocycles. The molecule has 0 spiro atoms. The Labute approximate surface area is 131 Å². The molecule has 2 aromatic rings. The second-order valence-corrected chi connectivity index (χ2v) is 4.99. The van der Waals surface area contributed by atoms with E-state index in [4.69, 9.17) is 14.2 Å². The van der Waals surface area contributed by atoms with E-state index in [-0.39, 0.29) is 0 Å². The number of aromatic hydroxyl groups is 1. The summed E-state index contributed by atoms with van der Waals surface area (Å²) in [6.45, 7) is 0. The van der Waals surface area contributed by atoms with E-state index in [9.17, 15) is 5.11 Å². The fourth-order valence-corrected chi connectivity index (χ4v) is 2.50. The summed E-state index contributed by atoms with van der Waals surface area (Å²) < 4.78 is 16.1. The molecule has 1 N–H and O–H groups in total. The van der Waals surface area contributed by atoms with Gasteiger partial charge in [0.1, 0.15) is 23.0 Å². The third-order valence-electron chi connectivity index (χ3n) is 3.68. The molecule has 2 aromatic carbocycles. The predicted molar refractivity (Wildman–Crippen MR) is 86.2 cm³/mol. The van der Waals surface area contributed by atoms with Crippen molar-refractivity contribution in [1.29, 1.82) is 0 Å². The molecule has 4 heteroatoms. The number of aryl methyl sites for hydroxylation is 1. The van der Waals surface area contributed by atoms with Gasteiger partial charge in [-0.1, -0.05) is 18.2 Å². The first-order chi connectivity index (χ1) is 10.7. The van der Waals surface area contributed by atoms with Crippen LogP contribution < -0.4 is 14.2 Å². The lowest BCUT2D eigenvalue weighted by Gasteiger charge is -2.15. The van der Waals surface area contributed by atoms with Gasteiger partial charge in [-0.15, -0.1) is 0 Å². The minimum absolute atomic E-state index is 0.344. The van der Waals surface area contributed by atoms with Crippen molar-refractivity contribution in [1.82, 2.24) is 0 Å². The van der Waals surface area contributed by atoms with Crippen LogP contribution in [0.15, 0.2) is 36.4 Å². The lowest BCUT2D eigenvalue weighted by Crippen LogP contribution is -1.99. The van der Waals surface area contributed by atoms with Crippen LogP contribution in [-0.2, 0) is 12.8 Å². The summed E-state index contributed by atoms with van der Waals surface area (Å²) in [5, 5.41) is 9.81. The zero-order valence-electron chi connectivity index (χ0n) is 13.3. The molecule has 0 aliphatic carbocycles. The minimum atomic E-state index is 0.344. The third-order valence-corrected chi connectivity index (χ3v) is 3.68. The van der Waals surface area contributed by atoms with Gasteiger partial charge in [-0.2, -0.15) is 0 Å². The average molecular weight is 302 g/mol. The monoisotopic (exact) mass is 302 g/mol. The summed E-state index contributed by atoms with van der Waals surface area (Å²) in [7, 11) is 4.90. The van der Waals surface area contributed by atoms with Crippen LogP contribution in [0.3, 0.4) is 0 Å². The maximum atomic E-state index is 9.81. The number of para-hydroxylation sites is 1. The van der Waals surface area contributed by atoms with E-state index < -0.39 is 0 Å². The number of hydrogen-bond donors (Lipinski definition) is 1. The lowest BCUT2D eigenvalue weighted by atomic mass is 10.0. The molecule has 0 heterocycles. The van der Waals surface area contributed by atoms with Crippen molar-refractivity contribution in [3.63, 3.8) is 0 Å². The van der Waals surface area contributed by atoms with Gasteiger partial charge in [-0.3, -0.25) is 0 Å². The molecule has 0 fully saturated rings. The molecule has 2 rings (SSSR count). The maximum Gasteiger partial charge on any atom is 0.129 e. The Kier molecular flexibility index (Phi) is 5.53. The third kappa shape index (κ3) is 3.64. The second-order valence-electron chi connectivity index (χ2n) is 4.99. The first-order valence-electron chi connectivity index (χ1n) is 7.25. The first kappa shape index (κ1) is 16.0. The minimum Gasteiger partial charge on any atom is -0.508 e. The Bertz CT molecular complexity index is 597. The molecular weight excluding hydrogens is 280 g/mol. The van der Waals surface area contributed by atoms with E-state index in [2.05, 4.69) is 0 Å². The van der Waals surface area contributed by atoms with Crippen LogP contribution >= 0.6 is 0 Å². The smallest absolute Gasteiger partial charge is 0.129 e. The van der Waals surface area contributed by atoms with Gasteiger partial charge in [-0.05, 0) is 30.9 Å². The molecular formula is C18H22O4. The Hall–Kier alpha value is -2.36. The normalized spacial score (nSPS) is 10.3. The van der Waals surface area contributed by atoms with E-state index in [0.717, 1.165) is 41.9 Å². The Morgan fingerprint density at radius 1 is 0.864 bits per heavy atom. The first-order valence-corrected chi connectivity index (χ1v) is 7.25. The van der Waals surface area contributed by atoms with Crippen LogP contribution in [0.4, 0.5) is 0 Å². The molecule has 0 radical (unpaired) electrons. The molecule has 0 aliphatic rings. The van der Waals surface area contributed by atoms with Gasteiger partial charge >= 0.3 is 0 Å². The largest absolute Gasteiger partial charge is 0.508 e. The number of rotatable bonds is 7. The number of phenols is 1. The molecule has 118 valence electrons. The summed E-state index contributed by atoms with van der Waals surface area (Å²) >= 11 is 0. The molecule has 0 saturated carbocycles. The number of benzene rings is 2. The highest BCUT2D eigenvalue weighted by Crippen LogP contribution is 2.35. The summed E-state index contributed by atoms with van der Waals surface area (Å²) in [6, 6.07) is 11.1. The molecule has 22 heavy (non-hydrogen) atoms. The van der Waals surface area contributed by atoms with Crippen LogP contribution in [0, 0.1) is 0 Å². The zero-order valence-corrected chi connectivity index (χ0v) is 13.3. The molecule has 0 amide bonds. The summed E-state index contributed by atoms with van der Waals surface area (Å²) in [4.78, 5) is 0. The van der Waals surface area contributed by atoms with Gasteiger partial charge in [0.2, 0.25) is 0 Å². The van der Waals surface area contributed by atoms with E-state index in [1.54, 1.807) is 27.4 Å². The van der Waals surface area contributed by atoms with Crippen molar-refractivity contribution in [2.75, 3.05) is 21.3 Å². The molecule has 4 nitrogen and oxygen atoms in total. The lowest BCUT2D eigenvalue weighted by molar-refractivity contribution is 0.368. The Balaban J connectivity index is 2.13. The summed E-state index contributed by atoms with van der Waals surface area (Å²) in [6.07, 6.45) is 2.48. The van der Waals surface area contributed by atoms with Crippen LogP contribution in [0.1, 0.15) is 17.5 Å². The van der Waals surface area contributed by atoms with Crippen molar-refractivity contribution in [3.05, 3.63) is 47.5 Å². The van der Waals surface area contributed by atoms with Crippen molar-refractivity contribution < 1.29 is 19.3 Å². The fraction of sp³-hybridized carbons (Fsp3) is 0.333. The van der Waals surface area contributed by atoms with E-state index in [1.165, 1.54) is 0 Å². The fourth-order valence-electron chi connectivity index (χ4n) is 2.50. The summed E-state index contributed by atoms with van der Waals surface area (Å²) in [5.74, 6) is 2.57. The average Bonchev–Trinajstić information content (AvgIpc) is 2.56. The molecule has 0 atom stereocenters. The summed E-state index contributed by atoms with van der Waals surface area (Å²) in [5.41, 5.74) is 1.97. The molecule has 0 aliphatic heterocycles. The molecule has 0 saturated heterocycles. The number of phenolic OH excluding ortho intramolecular Hbond substituents is 1. The SMILES string of the molecule is COc1cc(OC)c(CCCc2ccccc2O)c(OC)c1. The van der Waals surface area contributed by atoms with E-state index >= 15 is 0 Å². The van der Waals surface area contributed by atoms with Crippen molar-refractivity contribution in [2.45, 2.75) is 19.3 Å². The van der Waals surface area contributed by atoms with Crippen molar-refractivity contribution in [2.24, 2.45) is 0 Å².